The summed E-state index contributed by atoms with van der Waals surface area (Å²) in [5.74, 6) is 1.02. The van der Waals surface area contributed by atoms with Crippen molar-refractivity contribution in [2.45, 2.75) is 32.2 Å². The first-order chi connectivity index (χ1) is 11.7. The average molecular weight is 320 g/mol. The molecule has 5 nitrogen and oxygen atoms in total. The number of aliphatic hydroxyl groups is 1. The van der Waals surface area contributed by atoms with Crippen molar-refractivity contribution in [3.05, 3.63) is 41.5 Å². The largest absolute Gasteiger partial charge is 0.395 e. The standard InChI is InChI=1S/C19H20N4O/c1-13-11-18(22(9-10-24)14-5-4-6-14)23-17-8-3-2-7-16(17)21-19(23)15(13)12-20/h2-3,7-8,11,14,24H,4-6,9-10H2,1H3. The van der Waals surface area contributed by atoms with Crippen molar-refractivity contribution in [2.75, 3.05) is 18.1 Å². The maximum atomic E-state index is 9.58. The Morgan fingerprint density at radius 3 is 2.83 bits per heavy atom. The molecule has 24 heavy (non-hydrogen) atoms. The second-order valence-electron chi connectivity index (χ2n) is 6.43. The van der Waals surface area contributed by atoms with Gasteiger partial charge in [0.2, 0.25) is 0 Å². The van der Waals surface area contributed by atoms with Gasteiger partial charge in [-0.05, 0) is 49.9 Å². The number of nitriles is 1. The van der Waals surface area contributed by atoms with Crippen LogP contribution in [0, 0.1) is 18.3 Å². The van der Waals surface area contributed by atoms with Crippen LogP contribution in [0.1, 0.15) is 30.4 Å². The Balaban J connectivity index is 2.05. The number of pyridine rings is 1. The third-order valence-electron chi connectivity index (χ3n) is 5.02. The molecule has 4 rings (SSSR count). The van der Waals surface area contributed by atoms with Crippen LogP contribution < -0.4 is 4.90 Å². The molecule has 122 valence electrons. The lowest BCUT2D eigenvalue weighted by Crippen LogP contribution is -2.43. The highest BCUT2D eigenvalue weighted by Gasteiger charge is 2.28. The Morgan fingerprint density at radius 1 is 1.38 bits per heavy atom. The molecule has 0 radical (unpaired) electrons. The van der Waals surface area contributed by atoms with Gasteiger partial charge >= 0.3 is 0 Å². The average Bonchev–Trinajstić information content (AvgIpc) is 2.91. The Labute approximate surface area is 140 Å². The molecular weight excluding hydrogens is 300 g/mol. The zero-order valence-electron chi connectivity index (χ0n) is 13.7. The highest BCUT2D eigenvalue weighted by atomic mass is 16.3. The molecule has 5 heteroatoms. The summed E-state index contributed by atoms with van der Waals surface area (Å²) in [7, 11) is 0. The quantitative estimate of drug-likeness (QED) is 0.802. The fourth-order valence-corrected chi connectivity index (χ4v) is 3.57. The van der Waals surface area contributed by atoms with Crippen molar-refractivity contribution in [2.24, 2.45) is 0 Å². The van der Waals surface area contributed by atoms with E-state index in [0.717, 1.165) is 35.3 Å². The number of para-hydroxylation sites is 2. The highest BCUT2D eigenvalue weighted by molar-refractivity contribution is 5.85. The summed E-state index contributed by atoms with van der Waals surface area (Å²) < 4.78 is 2.08. The number of nitrogens with zero attached hydrogens (tertiary/aromatic N) is 4. The number of anilines is 1. The smallest absolute Gasteiger partial charge is 0.157 e. The van der Waals surface area contributed by atoms with E-state index in [0.29, 0.717) is 23.8 Å². The van der Waals surface area contributed by atoms with Crippen LogP contribution in [0.5, 0.6) is 0 Å². The molecule has 0 amide bonds. The molecule has 0 spiro atoms. The van der Waals surface area contributed by atoms with E-state index < -0.39 is 0 Å². The van der Waals surface area contributed by atoms with Gasteiger partial charge in [0.15, 0.2) is 5.65 Å². The van der Waals surface area contributed by atoms with Gasteiger partial charge in [0.1, 0.15) is 11.9 Å². The summed E-state index contributed by atoms with van der Waals surface area (Å²) in [4.78, 5) is 6.98. The maximum Gasteiger partial charge on any atom is 0.157 e. The molecule has 0 saturated heterocycles. The summed E-state index contributed by atoms with van der Waals surface area (Å²) in [6.45, 7) is 2.67. The molecule has 0 unspecified atom stereocenters. The van der Waals surface area contributed by atoms with Gasteiger partial charge in [-0.15, -0.1) is 0 Å². The van der Waals surface area contributed by atoms with E-state index in [1.807, 2.05) is 31.2 Å². The predicted octanol–water partition coefficient (Wildman–Crippen LogP) is 3.02. The van der Waals surface area contributed by atoms with Gasteiger partial charge in [-0.25, -0.2) is 4.98 Å². The minimum Gasteiger partial charge on any atom is -0.395 e. The first kappa shape index (κ1) is 15.0. The molecule has 2 aromatic heterocycles. The molecule has 1 saturated carbocycles. The number of benzene rings is 1. The molecule has 1 aromatic carbocycles. The third-order valence-corrected chi connectivity index (χ3v) is 5.02. The van der Waals surface area contributed by atoms with Crippen LogP contribution in [0.2, 0.25) is 0 Å². The van der Waals surface area contributed by atoms with Gasteiger partial charge in [0, 0.05) is 12.6 Å². The number of aromatic nitrogens is 2. The van der Waals surface area contributed by atoms with E-state index in [4.69, 9.17) is 4.98 Å². The van der Waals surface area contributed by atoms with Gasteiger partial charge in [-0.1, -0.05) is 12.1 Å². The van der Waals surface area contributed by atoms with Crippen LogP contribution in [0.25, 0.3) is 16.7 Å². The van der Waals surface area contributed by atoms with Gasteiger partial charge in [0.25, 0.3) is 0 Å². The van der Waals surface area contributed by atoms with Crippen LogP contribution in [0.3, 0.4) is 0 Å². The lowest BCUT2D eigenvalue weighted by Gasteiger charge is -2.39. The highest BCUT2D eigenvalue weighted by Crippen LogP contribution is 2.33. The summed E-state index contributed by atoms with van der Waals surface area (Å²) in [5, 5.41) is 19.1. The number of aliphatic hydroxyl groups excluding tert-OH is 1. The van der Waals surface area contributed by atoms with E-state index in [1.165, 1.54) is 6.42 Å². The van der Waals surface area contributed by atoms with Crippen molar-refractivity contribution >= 4 is 22.5 Å². The van der Waals surface area contributed by atoms with Crippen molar-refractivity contribution in [3.63, 3.8) is 0 Å². The van der Waals surface area contributed by atoms with Crippen LogP contribution in [-0.4, -0.2) is 33.7 Å². The molecule has 1 N–H and O–H groups in total. The zero-order chi connectivity index (χ0) is 16.7. The monoisotopic (exact) mass is 320 g/mol. The number of aryl methyl sites for hydroxylation is 1. The van der Waals surface area contributed by atoms with Crippen molar-refractivity contribution in [1.29, 1.82) is 5.26 Å². The van der Waals surface area contributed by atoms with Gasteiger partial charge in [-0.3, -0.25) is 4.40 Å². The predicted molar refractivity (Wildman–Crippen MR) is 94.2 cm³/mol. The fourth-order valence-electron chi connectivity index (χ4n) is 3.57. The first-order valence-corrected chi connectivity index (χ1v) is 8.43. The van der Waals surface area contributed by atoms with Crippen LogP contribution >= 0.6 is 0 Å². The molecule has 1 aliphatic rings. The van der Waals surface area contributed by atoms with Crippen LogP contribution in [0.15, 0.2) is 30.3 Å². The summed E-state index contributed by atoms with van der Waals surface area (Å²) in [5.41, 5.74) is 4.14. The van der Waals surface area contributed by atoms with Crippen LogP contribution in [0.4, 0.5) is 5.82 Å². The molecule has 2 heterocycles. The number of imidazole rings is 1. The Bertz CT molecular complexity index is 949. The van der Waals surface area contributed by atoms with E-state index in [1.54, 1.807) is 0 Å². The van der Waals surface area contributed by atoms with Crippen LogP contribution in [-0.2, 0) is 0 Å². The molecule has 1 aliphatic carbocycles. The van der Waals surface area contributed by atoms with Gasteiger partial charge in [0.05, 0.1) is 23.2 Å². The first-order valence-electron chi connectivity index (χ1n) is 8.43. The van der Waals surface area contributed by atoms with Gasteiger partial charge in [-0.2, -0.15) is 5.26 Å². The normalized spacial score (nSPS) is 14.7. The summed E-state index contributed by atoms with van der Waals surface area (Å²) in [6, 6.07) is 12.8. The second kappa shape index (κ2) is 5.81. The van der Waals surface area contributed by atoms with Crippen molar-refractivity contribution in [3.8, 4) is 6.07 Å². The number of fused-ring (bicyclic) bond motifs is 3. The molecular formula is C19H20N4O. The number of hydrogen-bond donors (Lipinski definition) is 1. The lowest BCUT2D eigenvalue weighted by molar-refractivity contribution is 0.282. The summed E-state index contributed by atoms with van der Waals surface area (Å²) >= 11 is 0. The lowest BCUT2D eigenvalue weighted by atomic mass is 9.91. The van der Waals surface area contributed by atoms with E-state index >= 15 is 0 Å². The van der Waals surface area contributed by atoms with Gasteiger partial charge < -0.3 is 10.0 Å². The molecule has 1 fully saturated rings. The van der Waals surface area contributed by atoms with E-state index in [-0.39, 0.29) is 6.61 Å². The second-order valence-corrected chi connectivity index (χ2v) is 6.43. The molecule has 0 aliphatic heterocycles. The Kier molecular flexibility index (Phi) is 3.62. The number of rotatable bonds is 4. The fraction of sp³-hybridized carbons (Fsp3) is 0.368. The number of hydrogen-bond acceptors (Lipinski definition) is 4. The van der Waals surface area contributed by atoms with E-state index in [2.05, 4.69) is 21.4 Å². The maximum absolute atomic E-state index is 9.58. The zero-order valence-corrected chi connectivity index (χ0v) is 13.7. The van der Waals surface area contributed by atoms with Crippen molar-refractivity contribution < 1.29 is 5.11 Å². The SMILES string of the molecule is Cc1cc(N(CCO)C2CCC2)n2c(nc3ccccc32)c1C#N. The van der Waals surface area contributed by atoms with E-state index in [9.17, 15) is 10.4 Å². The molecule has 0 bridgehead atoms. The Hall–Kier alpha value is -2.58. The minimum atomic E-state index is 0.115. The molecule has 3 aromatic rings. The summed E-state index contributed by atoms with van der Waals surface area (Å²) in [6.07, 6.45) is 3.52. The third kappa shape index (κ3) is 2.15. The van der Waals surface area contributed by atoms with Crippen molar-refractivity contribution in [1.82, 2.24) is 9.38 Å². The molecule has 0 atom stereocenters. The topological polar surface area (TPSA) is 64.6 Å². The Morgan fingerprint density at radius 2 is 2.17 bits per heavy atom. The minimum absolute atomic E-state index is 0.115.